The fourth-order valence-electron chi connectivity index (χ4n) is 3.81. The highest BCUT2D eigenvalue weighted by molar-refractivity contribution is 6.05. The van der Waals surface area contributed by atoms with Crippen LogP contribution < -0.4 is 10.9 Å². The van der Waals surface area contributed by atoms with Crippen LogP contribution in [0.5, 0.6) is 0 Å². The summed E-state index contributed by atoms with van der Waals surface area (Å²) in [7, 11) is 0. The van der Waals surface area contributed by atoms with E-state index in [2.05, 4.69) is 10.9 Å². The molecule has 0 unspecified atom stereocenters. The number of nitrogens with zero attached hydrogens (tertiary/aromatic N) is 1. The molecule has 0 saturated heterocycles. The summed E-state index contributed by atoms with van der Waals surface area (Å²) in [4.78, 5) is 41.9. The largest absolute Gasteiger partial charge is 0.452 e. The van der Waals surface area contributed by atoms with Crippen molar-refractivity contribution in [3.8, 4) is 0 Å². The minimum atomic E-state index is -0.623. The maximum atomic E-state index is 13.0. The summed E-state index contributed by atoms with van der Waals surface area (Å²) < 4.78 is 5.31. The topological polar surface area (TPSA) is 97.4 Å². The molecular formula is C24H23N3O4. The van der Waals surface area contributed by atoms with Crippen molar-refractivity contribution in [1.29, 1.82) is 0 Å². The fourth-order valence-corrected chi connectivity index (χ4v) is 3.81. The Hall–Kier alpha value is -3.74. The van der Waals surface area contributed by atoms with Crippen LogP contribution in [0.25, 0.3) is 10.9 Å². The van der Waals surface area contributed by atoms with E-state index in [0.717, 1.165) is 54.3 Å². The molecule has 31 heavy (non-hydrogen) atoms. The maximum absolute atomic E-state index is 13.0. The summed E-state index contributed by atoms with van der Waals surface area (Å²) in [6, 6.07) is 16.0. The third-order valence-corrected chi connectivity index (χ3v) is 5.31. The van der Waals surface area contributed by atoms with Gasteiger partial charge in [-0.3, -0.25) is 25.4 Å². The van der Waals surface area contributed by atoms with Gasteiger partial charge >= 0.3 is 5.97 Å². The number of hydrogen-bond donors (Lipinski definition) is 2. The Balaban J connectivity index is 1.45. The molecule has 0 aliphatic heterocycles. The van der Waals surface area contributed by atoms with Crippen LogP contribution in [-0.4, -0.2) is 29.4 Å². The van der Waals surface area contributed by atoms with E-state index >= 15 is 0 Å². The van der Waals surface area contributed by atoms with Crippen molar-refractivity contribution in [2.45, 2.75) is 32.1 Å². The van der Waals surface area contributed by atoms with E-state index < -0.39 is 24.4 Å². The van der Waals surface area contributed by atoms with Gasteiger partial charge in [0.2, 0.25) is 0 Å². The molecule has 0 fully saturated rings. The monoisotopic (exact) mass is 417 g/mol. The van der Waals surface area contributed by atoms with Crippen molar-refractivity contribution in [3.63, 3.8) is 0 Å². The lowest BCUT2D eigenvalue weighted by Crippen LogP contribution is -2.43. The number of aryl methyl sites for hydroxylation is 1. The van der Waals surface area contributed by atoms with Crippen LogP contribution in [0.2, 0.25) is 0 Å². The van der Waals surface area contributed by atoms with Crippen molar-refractivity contribution < 1.29 is 19.1 Å². The van der Waals surface area contributed by atoms with E-state index in [1.54, 1.807) is 30.3 Å². The number of fused-ring (bicyclic) bond motifs is 2. The van der Waals surface area contributed by atoms with Crippen LogP contribution >= 0.6 is 0 Å². The Bertz CT molecular complexity index is 1130. The molecule has 0 bridgehead atoms. The molecule has 3 aromatic rings. The number of hydrogen-bond acceptors (Lipinski definition) is 5. The van der Waals surface area contributed by atoms with E-state index in [1.165, 1.54) is 0 Å². The van der Waals surface area contributed by atoms with Gasteiger partial charge in [-0.05, 0) is 49.4 Å². The van der Waals surface area contributed by atoms with E-state index in [0.29, 0.717) is 11.1 Å². The summed E-state index contributed by atoms with van der Waals surface area (Å²) in [5, 5.41) is 0.728. The molecule has 7 nitrogen and oxygen atoms in total. The Morgan fingerprint density at radius 2 is 1.61 bits per heavy atom. The Morgan fingerprint density at radius 1 is 0.871 bits per heavy atom. The molecule has 4 rings (SSSR count). The van der Waals surface area contributed by atoms with Crippen LogP contribution in [-0.2, 0) is 22.4 Å². The number of nitrogens with one attached hydrogen (secondary N) is 2. The number of para-hydroxylation sites is 1. The van der Waals surface area contributed by atoms with Gasteiger partial charge in [0.1, 0.15) is 0 Å². The van der Waals surface area contributed by atoms with Crippen molar-refractivity contribution in [1.82, 2.24) is 15.8 Å². The van der Waals surface area contributed by atoms with Gasteiger partial charge in [-0.15, -0.1) is 0 Å². The maximum Gasteiger partial charge on any atom is 0.339 e. The number of esters is 1. The molecule has 1 aromatic heterocycles. The predicted molar refractivity (Wildman–Crippen MR) is 115 cm³/mol. The quantitative estimate of drug-likeness (QED) is 0.386. The van der Waals surface area contributed by atoms with Crippen LogP contribution in [0.3, 0.4) is 0 Å². The van der Waals surface area contributed by atoms with E-state index in [1.807, 2.05) is 24.3 Å². The van der Waals surface area contributed by atoms with Gasteiger partial charge in [-0.1, -0.05) is 42.8 Å². The average molecular weight is 417 g/mol. The Kier molecular flexibility index (Phi) is 6.21. The second-order valence-electron chi connectivity index (χ2n) is 7.43. The van der Waals surface area contributed by atoms with E-state index in [-0.39, 0.29) is 0 Å². The number of benzene rings is 2. The summed E-state index contributed by atoms with van der Waals surface area (Å²) in [6.45, 7) is -0.501. The van der Waals surface area contributed by atoms with Gasteiger partial charge in [0.15, 0.2) is 6.61 Å². The van der Waals surface area contributed by atoms with Gasteiger partial charge in [-0.2, -0.15) is 0 Å². The normalized spacial score (nSPS) is 13.0. The van der Waals surface area contributed by atoms with Crippen molar-refractivity contribution in [2.24, 2.45) is 0 Å². The fraction of sp³-hybridized carbons (Fsp3) is 0.250. The lowest BCUT2D eigenvalue weighted by Gasteiger charge is -2.15. The molecule has 7 heteroatoms. The second-order valence-corrected chi connectivity index (χ2v) is 7.43. The molecule has 1 aliphatic carbocycles. The number of aromatic nitrogens is 1. The highest BCUT2D eigenvalue weighted by Crippen LogP contribution is 2.29. The number of amides is 2. The van der Waals surface area contributed by atoms with Crippen molar-refractivity contribution >= 4 is 28.7 Å². The minimum Gasteiger partial charge on any atom is -0.452 e. The van der Waals surface area contributed by atoms with Gasteiger partial charge in [0.25, 0.3) is 11.8 Å². The smallest absolute Gasteiger partial charge is 0.339 e. The molecule has 2 N–H and O–H groups in total. The van der Waals surface area contributed by atoms with Gasteiger partial charge in [-0.25, -0.2) is 4.79 Å². The lowest BCUT2D eigenvalue weighted by molar-refractivity contribution is -0.125. The first-order valence-electron chi connectivity index (χ1n) is 10.4. The molecule has 1 heterocycles. The zero-order valence-corrected chi connectivity index (χ0v) is 17.0. The molecule has 2 amide bonds. The highest BCUT2D eigenvalue weighted by atomic mass is 16.5. The zero-order chi connectivity index (χ0) is 21.6. The minimum absolute atomic E-state index is 0.408. The Morgan fingerprint density at radius 3 is 2.45 bits per heavy atom. The first kappa shape index (κ1) is 20.5. The average Bonchev–Trinajstić information content (AvgIpc) is 3.05. The highest BCUT2D eigenvalue weighted by Gasteiger charge is 2.23. The standard InChI is InChI=1S/C24H23N3O4/c28-21(26-27-23(29)16-9-3-1-4-10-16)15-31-24(30)22-17-11-5-2-6-13-19(17)25-20-14-8-7-12-18(20)22/h1,3-4,7-10,12,14H,2,5-6,11,13,15H2,(H,26,28)(H,27,29). The van der Waals surface area contributed by atoms with Crippen LogP contribution in [0.15, 0.2) is 54.6 Å². The number of rotatable bonds is 4. The number of ether oxygens (including phenoxy) is 1. The first-order valence-corrected chi connectivity index (χ1v) is 10.4. The number of carbonyl (C=O) groups excluding carboxylic acids is 3. The number of pyridine rings is 1. The van der Waals surface area contributed by atoms with Crippen LogP contribution in [0.1, 0.15) is 51.2 Å². The van der Waals surface area contributed by atoms with E-state index in [9.17, 15) is 14.4 Å². The number of hydrazine groups is 1. The van der Waals surface area contributed by atoms with Gasteiger partial charge in [0.05, 0.1) is 11.1 Å². The molecule has 1 aliphatic rings. The molecule has 0 saturated carbocycles. The zero-order valence-electron chi connectivity index (χ0n) is 17.0. The summed E-state index contributed by atoms with van der Waals surface area (Å²) in [5.74, 6) is -1.63. The van der Waals surface area contributed by atoms with Crippen molar-refractivity contribution in [3.05, 3.63) is 77.0 Å². The molecular weight excluding hydrogens is 394 g/mol. The van der Waals surface area contributed by atoms with Crippen LogP contribution in [0.4, 0.5) is 0 Å². The molecule has 0 radical (unpaired) electrons. The second kappa shape index (κ2) is 9.38. The SMILES string of the molecule is O=C(COC(=O)c1c2c(nc3ccccc13)CCCCC2)NNC(=O)c1ccccc1. The summed E-state index contributed by atoms with van der Waals surface area (Å²) in [6.07, 6.45) is 4.70. The molecule has 0 atom stereocenters. The lowest BCUT2D eigenvalue weighted by atomic mass is 9.97. The molecule has 158 valence electrons. The summed E-state index contributed by atoms with van der Waals surface area (Å²) >= 11 is 0. The summed E-state index contributed by atoms with van der Waals surface area (Å²) in [5.41, 5.74) is 8.07. The first-order chi connectivity index (χ1) is 15.1. The third kappa shape index (κ3) is 4.71. The van der Waals surface area contributed by atoms with Crippen molar-refractivity contribution in [2.75, 3.05) is 6.61 Å². The molecule has 0 spiro atoms. The van der Waals surface area contributed by atoms with Crippen LogP contribution in [0, 0.1) is 0 Å². The van der Waals surface area contributed by atoms with E-state index in [4.69, 9.17) is 9.72 Å². The number of carbonyl (C=O) groups is 3. The predicted octanol–water partition coefficient (Wildman–Crippen LogP) is 3.12. The van der Waals surface area contributed by atoms with Gasteiger partial charge < -0.3 is 4.74 Å². The molecule has 2 aromatic carbocycles. The van der Waals surface area contributed by atoms with Gasteiger partial charge in [0, 0.05) is 16.6 Å². The Labute approximate surface area is 179 Å². The third-order valence-electron chi connectivity index (χ3n) is 5.31.